The molecule has 3 rings (SSSR count). The lowest BCUT2D eigenvalue weighted by Gasteiger charge is -2.32. The first kappa shape index (κ1) is 23.6. The monoisotopic (exact) mass is 427 g/mol. The van der Waals surface area contributed by atoms with E-state index in [9.17, 15) is 4.79 Å². The average molecular weight is 427 g/mol. The molecule has 0 amide bonds. The van der Waals surface area contributed by atoms with Crippen LogP contribution in [0, 0.1) is 5.41 Å². The van der Waals surface area contributed by atoms with E-state index >= 15 is 0 Å². The Hall–Kier alpha value is -2.02. The van der Waals surface area contributed by atoms with Gasteiger partial charge in [0.1, 0.15) is 6.61 Å². The molecule has 1 aromatic rings. The SMILES string of the molecule is CC1(C)OB(CCCCC2(C(=O)OCc3ccccc3)CC[C@H](N=[N+]=[N-])C2)OC1(C)C. The molecule has 0 radical (unpaired) electrons. The first-order valence-corrected chi connectivity index (χ1v) is 11.3. The van der Waals surface area contributed by atoms with Crippen LogP contribution in [0.1, 0.15) is 71.8 Å². The average Bonchev–Trinajstić information content (AvgIpc) is 3.22. The number of carbonyl (C=O) groups excluding carboxylic acids is 1. The minimum Gasteiger partial charge on any atom is -0.460 e. The maximum absolute atomic E-state index is 13.1. The van der Waals surface area contributed by atoms with Gasteiger partial charge in [-0.15, -0.1) is 0 Å². The van der Waals surface area contributed by atoms with E-state index in [-0.39, 0.29) is 36.9 Å². The van der Waals surface area contributed by atoms with E-state index in [0.717, 1.165) is 37.6 Å². The smallest absolute Gasteiger partial charge is 0.457 e. The highest BCUT2D eigenvalue weighted by atomic mass is 16.7. The van der Waals surface area contributed by atoms with Gasteiger partial charge in [0.25, 0.3) is 0 Å². The highest BCUT2D eigenvalue weighted by Crippen LogP contribution is 2.45. The summed E-state index contributed by atoms with van der Waals surface area (Å²) in [5.74, 6) is -0.178. The van der Waals surface area contributed by atoms with Crippen molar-refractivity contribution in [1.29, 1.82) is 0 Å². The highest BCUT2D eigenvalue weighted by molar-refractivity contribution is 6.45. The topological polar surface area (TPSA) is 93.5 Å². The molecule has 0 N–H and O–H groups in total. The number of esters is 1. The van der Waals surface area contributed by atoms with Gasteiger partial charge >= 0.3 is 13.1 Å². The third-order valence-corrected chi connectivity index (χ3v) is 7.09. The van der Waals surface area contributed by atoms with Crippen molar-refractivity contribution in [2.24, 2.45) is 10.5 Å². The van der Waals surface area contributed by atoms with E-state index in [1.807, 2.05) is 30.3 Å². The molecule has 0 spiro atoms. The molecule has 8 heteroatoms. The number of benzene rings is 1. The molecule has 2 atom stereocenters. The molecule has 1 unspecified atom stereocenters. The van der Waals surface area contributed by atoms with E-state index in [0.29, 0.717) is 12.8 Å². The maximum atomic E-state index is 13.1. The van der Waals surface area contributed by atoms with Crippen LogP contribution in [-0.4, -0.2) is 30.3 Å². The van der Waals surface area contributed by atoms with Crippen LogP contribution >= 0.6 is 0 Å². The molecule has 31 heavy (non-hydrogen) atoms. The molecule has 1 saturated heterocycles. The van der Waals surface area contributed by atoms with E-state index in [2.05, 4.69) is 37.7 Å². The summed E-state index contributed by atoms with van der Waals surface area (Å²) in [7, 11) is -0.217. The van der Waals surface area contributed by atoms with Crippen molar-refractivity contribution < 1.29 is 18.8 Å². The summed E-state index contributed by atoms with van der Waals surface area (Å²) < 4.78 is 17.9. The summed E-state index contributed by atoms with van der Waals surface area (Å²) in [4.78, 5) is 16.1. The Morgan fingerprint density at radius 1 is 1.19 bits per heavy atom. The number of hydrogen-bond donors (Lipinski definition) is 0. The van der Waals surface area contributed by atoms with Gasteiger partial charge < -0.3 is 14.0 Å². The highest BCUT2D eigenvalue weighted by Gasteiger charge is 2.51. The van der Waals surface area contributed by atoms with Crippen molar-refractivity contribution in [3.63, 3.8) is 0 Å². The minimum atomic E-state index is -0.580. The number of ether oxygens (including phenoxy) is 1. The Morgan fingerprint density at radius 3 is 2.52 bits per heavy atom. The normalized spacial score (nSPS) is 26.5. The fourth-order valence-corrected chi connectivity index (χ4v) is 4.52. The van der Waals surface area contributed by atoms with E-state index in [4.69, 9.17) is 19.6 Å². The summed E-state index contributed by atoms with van der Waals surface area (Å²) >= 11 is 0. The molecule has 7 nitrogen and oxygen atoms in total. The van der Waals surface area contributed by atoms with Gasteiger partial charge in [0.2, 0.25) is 0 Å². The van der Waals surface area contributed by atoms with Crippen molar-refractivity contribution in [3.8, 4) is 0 Å². The number of azide groups is 1. The van der Waals surface area contributed by atoms with Gasteiger partial charge in [0, 0.05) is 11.0 Å². The first-order valence-electron chi connectivity index (χ1n) is 11.3. The fraction of sp³-hybridized carbons (Fsp3) is 0.696. The Morgan fingerprint density at radius 2 is 1.87 bits per heavy atom. The largest absolute Gasteiger partial charge is 0.460 e. The number of rotatable bonds is 9. The predicted molar refractivity (Wildman–Crippen MR) is 120 cm³/mol. The Kier molecular flexibility index (Phi) is 7.35. The summed E-state index contributed by atoms with van der Waals surface area (Å²) in [6.45, 7) is 8.48. The minimum absolute atomic E-state index is 0.141. The Balaban J connectivity index is 1.55. The van der Waals surface area contributed by atoms with E-state index < -0.39 is 5.41 Å². The van der Waals surface area contributed by atoms with Gasteiger partial charge in [-0.05, 0) is 70.8 Å². The molecule has 168 valence electrons. The quantitative estimate of drug-likeness (QED) is 0.124. The van der Waals surface area contributed by atoms with Crippen LogP contribution in [0.2, 0.25) is 6.32 Å². The molecule has 2 fully saturated rings. The van der Waals surface area contributed by atoms with Crippen LogP contribution in [-0.2, 0) is 25.4 Å². The predicted octanol–water partition coefficient (Wildman–Crippen LogP) is 5.84. The van der Waals surface area contributed by atoms with Crippen LogP contribution in [0.3, 0.4) is 0 Å². The van der Waals surface area contributed by atoms with Crippen LogP contribution in [0.4, 0.5) is 0 Å². The third kappa shape index (κ3) is 5.62. The zero-order valence-corrected chi connectivity index (χ0v) is 19.2. The lowest BCUT2D eigenvalue weighted by Crippen LogP contribution is -2.41. The molecule has 1 aromatic carbocycles. The molecule has 0 aromatic heterocycles. The zero-order valence-electron chi connectivity index (χ0n) is 19.2. The second-order valence-corrected chi connectivity index (χ2v) is 9.88. The summed E-state index contributed by atoms with van der Waals surface area (Å²) in [6.07, 6.45) is 5.26. The van der Waals surface area contributed by atoms with E-state index in [1.165, 1.54) is 0 Å². The number of hydrogen-bond acceptors (Lipinski definition) is 5. The Bertz CT molecular complexity index is 794. The van der Waals surface area contributed by atoms with Gasteiger partial charge in [-0.3, -0.25) is 4.79 Å². The number of carbonyl (C=O) groups is 1. The second kappa shape index (κ2) is 9.64. The molecule has 1 heterocycles. The lowest BCUT2D eigenvalue weighted by molar-refractivity contribution is -0.157. The fourth-order valence-electron chi connectivity index (χ4n) is 4.52. The van der Waals surface area contributed by atoms with Crippen LogP contribution in [0.15, 0.2) is 35.4 Å². The van der Waals surface area contributed by atoms with Gasteiger partial charge in [0.05, 0.1) is 16.6 Å². The number of unbranched alkanes of at least 4 members (excludes halogenated alkanes) is 1. The molecule has 2 aliphatic rings. The zero-order chi connectivity index (χ0) is 22.5. The van der Waals surface area contributed by atoms with Crippen LogP contribution in [0.25, 0.3) is 10.4 Å². The van der Waals surface area contributed by atoms with Crippen LogP contribution in [0.5, 0.6) is 0 Å². The second-order valence-electron chi connectivity index (χ2n) is 9.88. The molecular weight excluding hydrogens is 393 g/mol. The van der Waals surface area contributed by atoms with Crippen LogP contribution < -0.4 is 0 Å². The van der Waals surface area contributed by atoms with Gasteiger partial charge in [-0.2, -0.15) is 0 Å². The Labute approximate surface area is 185 Å². The molecular formula is C23H34BN3O4. The maximum Gasteiger partial charge on any atom is 0.457 e. The van der Waals surface area contributed by atoms with E-state index in [1.54, 1.807) is 0 Å². The third-order valence-electron chi connectivity index (χ3n) is 7.09. The molecule has 1 saturated carbocycles. The lowest BCUT2D eigenvalue weighted by atomic mass is 9.77. The van der Waals surface area contributed by atoms with Crippen molar-refractivity contribution in [1.82, 2.24) is 0 Å². The van der Waals surface area contributed by atoms with Gasteiger partial charge in [-0.25, -0.2) is 0 Å². The summed E-state index contributed by atoms with van der Waals surface area (Å²) in [6, 6.07) is 9.56. The van der Waals surface area contributed by atoms with Crippen molar-refractivity contribution in [2.45, 2.75) is 96.4 Å². The molecule has 0 bridgehead atoms. The van der Waals surface area contributed by atoms with Crippen molar-refractivity contribution >= 4 is 13.1 Å². The number of nitrogens with zero attached hydrogens (tertiary/aromatic N) is 3. The molecule has 1 aliphatic carbocycles. The standard InChI is InChI=1S/C23H34BN3O4/c1-21(2)22(3,4)31-24(30-21)15-9-8-13-23(14-12-19(16-23)26-27-25)20(28)29-17-18-10-6-5-7-11-18/h5-7,10-11,19H,8-9,12-17H2,1-4H3/t19-,23?/m0/s1. The summed E-state index contributed by atoms with van der Waals surface area (Å²) in [5, 5.41) is 3.88. The molecule has 1 aliphatic heterocycles. The van der Waals surface area contributed by atoms with Gasteiger partial charge in [-0.1, -0.05) is 48.3 Å². The first-order chi connectivity index (χ1) is 14.7. The summed E-state index contributed by atoms with van der Waals surface area (Å²) in [5.41, 5.74) is 8.56. The van der Waals surface area contributed by atoms with Crippen molar-refractivity contribution in [2.75, 3.05) is 0 Å². The van der Waals surface area contributed by atoms with Gasteiger partial charge in [0.15, 0.2) is 0 Å². The van der Waals surface area contributed by atoms with Crippen molar-refractivity contribution in [3.05, 3.63) is 46.3 Å².